The van der Waals surface area contributed by atoms with Gasteiger partial charge in [0.1, 0.15) is 0 Å². The topological polar surface area (TPSA) is 25.2 Å². The zero-order valence-corrected chi connectivity index (χ0v) is 18.5. The number of fused-ring (bicyclic) bond motifs is 1. The fourth-order valence-corrected chi connectivity index (χ4v) is 5.82. The van der Waals surface area contributed by atoms with E-state index in [4.69, 9.17) is 0 Å². The molecule has 0 saturated heterocycles. The van der Waals surface area contributed by atoms with Gasteiger partial charge in [-0.05, 0) is 37.3 Å². The van der Waals surface area contributed by atoms with Crippen molar-refractivity contribution in [1.82, 2.24) is 9.47 Å². The molecule has 5 rings (SSSR count). The molecule has 2 fully saturated rings. The maximum atomic E-state index is 14.1. The van der Waals surface area contributed by atoms with Gasteiger partial charge in [0.05, 0.1) is 5.56 Å². The van der Waals surface area contributed by atoms with Crippen LogP contribution in [0.3, 0.4) is 0 Å². The van der Waals surface area contributed by atoms with Crippen LogP contribution in [0.15, 0.2) is 60.8 Å². The van der Waals surface area contributed by atoms with Gasteiger partial charge in [0, 0.05) is 35.7 Å². The number of carbonyl (C=O) groups excluding carboxylic acids is 1. The van der Waals surface area contributed by atoms with Gasteiger partial charge in [-0.25, -0.2) is 0 Å². The second kappa shape index (κ2) is 9.30. The van der Waals surface area contributed by atoms with E-state index in [1.807, 2.05) is 0 Å². The highest BCUT2D eigenvalue weighted by molar-refractivity contribution is 6.07. The van der Waals surface area contributed by atoms with Gasteiger partial charge >= 0.3 is 0 Å². The van der Waals surface area contributed by atoms with Crippen molar-refractivity contribution in [3.8, 4) is 0 Å². The van der Waals surface area contributed by atoms with Crippen LogP contribution in [0.25, 0.3) is 10.9 Å². The van der Waals surface area contributed by atoms with E-state index in [1.165, 1.54) is 69.8 Å². The Morgan fingerprint density at radius 1 is 0.774 bits per heavy atom. The third-order valence-electron chi connectivity index (χ3n) is 7.39. The lowest BCUT2D eigenvalue weighted by Gasteiger charge is -2.41. The molecule has 2 aliphatic rings. The zero-order chi connectivity index (χ0) is 21.0. The van der Waals surface area contributed by atoms with Gasteiger partial charge < -0.3 is 9.47 Å². The van der Waals surface area contributed by atoms with Crippen LogP contribution in [-0.2, 0) is 6.54 Å². The van der Waals surface area contributed by atoms with Crippen molar-refractivity contribution in [2.45, 2.75) is 82.8 Å². The summed E-state index contributed by atoms with van der Waals surface area (Å²) in [6.07, 6.45) is 14.5. The lowest BCUT2D eigenvalue weighted by atomic mass is 9.88. The van der Waals surface area contributed by atoms with Gasteiger partial charge in [-0.3, -0.25) is 4.79 Å². The van der Waals surface area contributed by atoms with E-state index in [0.29, 0.717) is 12.1 Å². The summed E-state index contributed by atoms with van der Waals surface area (Å²) in [5.41, 5.74) is 3.31. The van der Waals surface area contributed by atoms with Crippen molar-refractivity contribution in [1.29, 1.82) is 0 Å². The van der Waals surface area contributed by atoms with Crippen molar-refractivity contribution in [3.63, 3.8) is 0 Å². The molecule has 2 saturated carbocycles. The molecule has 3 aromatic rings. The Labute approximate surface area is 186 Å². The van der Waals surface area contributed by atoms with Gasteiger partial charge in [0.15, 0.2) is 0 Å². The van der Waals surface area contributed by atoms with Crippen molar-refractivity contribution < 1.29 is 4.79 Å². The van der Waals surface area contributed by atoms with E-state index in [0.717, 1.165) is 23.0 Å². The number of benzene rings is 2. The van der Waals surface area contributed by atoms with E-state index >= 15 is 0 Å². The van der Waals surface area contributed by atoms with Crippen molar-refractivity contribution in [2.75, 3.05) is 0 Å². The highest BCUT2D eigenvalue weighted by atomic mass is 16.2. The molecule has 0 atom stereocenters. The minimum absolute atomic E-state index is 0.266. The smallest absolute Gasteiger partial charge is 0.256 e. The molecular weight excluding hydrogens is 380 g/mol. The van der Waals surface area contributed by atoms with Gasteiger partial charge in [0.2, 0.25) is 0 Å². The quantitative estimate of drug-likeness (QED) is 0.451. The van der Waals surface area contributed by atoms with Crippen molar-refractivity contribution in [2.24, 2.45) is 0 Å². The van der Waals surface area contributed by atoms with Crippen LogP contribution in [0.5, 0.6) is 0 Å². The summed E-state index contributed by atoms with van der Waals surface area (Å²) in [5, 5.41) is 1.10. The molecule has 3 heteroatoms. The molecule has 1 amide bonds. The summed E-state index contributed by atoms with van der Waals surface area (Å²) in [7, 11) is 0. The lowest BCUT2D eigenvalue weighted by Crippen LogP contribution is -2.48. The fourth-order valence-electron chi connectivity index (χ4n) is 5.82. The molecule has 3 nitrogen and oxygen atoms in total. The molecule has 0 spiro atoms. The summed E-state index contributed by atoms with van der Waals surface area (Å²) in [6.45, 7) is 0.793. The average molecular weight is 415 g/mol. The van der Waals surface area contributed by atoms with E-state index in [-0.39, 0.29) is 5.91 Å². The van der Waals surface area contributed by atoms with Gasteiger partial charge in [-0.1, -0.05) is 87.1 Å². The Kier molecular flexibility index (Phi) is 6.11. The van der Waals surface area contributed by atoms with Crippen LogP contribution in [0, 0.1) is 0 Å². The molecule has 0 radical (unpaired) electrons. The Bertz CT molecular complexity index is 992. The predicted molar refractivity (Wildman–Crippen MR) is 127 cm³/mol. The van der Waals surface area contributed by atoms with Crippen molar-refractivity contribution >= 4 is 16.8 Å². The lowest BCUT2D eigenvalue weighted by molar-refractivity contribution is 0.0450. The molecule has 0 aliphatic heterocycles. The van der Waals surface area contributed by atoms with Crippen LogP contribution < -0.4 is 0 Å². The predicted octanol–water partition coefficient (Wildman–Crippen LogP) is 6.80. The van der Waals surface area contributed by atoms with E-state index < -0.39 is 0 Å². The number of aromatic nitrogens is 1. The molecule has 0 bridgehead atoms. The van der Waals surface area contributed by atoms with Crippen LogP contribution in [0.1, 0.15) is 80.1 Å². The number of hydrogen-bond donors (Lipinski definition) is 0. The first-order valence-corrected chi connectivity index (χ1v) is 12.3. The Morgan fingerprint density at radius 3 is 2.00 bits per heavy atom. The number of para-hydroxylation sites is 1. The van der Waals surface area contributed by atoms with E-state index in [9.17, 15) is 4.79 Å². The summed E-state index contributed by atoms with van der Waals surface area (Å²) < 4.78 is 2.26. The number of hydrogen-bond acceptors (Lipinski definition) is 1. The van der Waals surface area contributed by atoms with Gasteiger partial charge in [0.25, 0.3) is 5.91 Å². The second-order valence-corrected chi connectivity index (χ2v) is 9.47. The largest absolute Gasteiger partial charge is 0.342 e. The van der Waals surface area contributed by atoms with Crippen LogP contribution in [-0.4, -0.2) is 27.5 Å². The summed E-state index contributed by atoms with van der Waals surface area (Å²) in [4.78, 5) is 16.5. The highest BCUT2D eigenvalue weighted by Gasteiger charge is 2.34. The number of rotatable bonds is 5. The summed E-state index contributed by atoms with van der Waals surface area (Å²) in [6, 6.07) is 19.8. The molecule has 1 heterocycles. The van der Waals surface area contributed by atoms with E-state index in [2.05, 4.69) is 70.3 Å². The molecular formula is C28H34N2O. The molecule has 2 aromatic carbocycles. The normalized spacial score (nSPS) is 18.3. The molecule has 0 unspecified atom stereocenters. The Hall–Kier alpha value is -2.55. The third-order valence-corrected chi connectivity index (χ3v) is 7.39. The standard InChI is InChI=1S/C28H34N2O/c31-28(30(23-14-6-2-7-15-23)24-16-8-3-9-17-24)26-21-29(20-22-12-4-1-5-13-22)27-19-11-10-18-25(26)27/h1,4-5,10-13,18-19,21,23-24H,2-3,6-9,14-17,20H2. The third kappa shape index (κ3) is 4.28. The van der Waals surface area contributed by atoms with E-state index in [1.54, 1.807) is 0 Å². The summed E-state index contributed by atoms with van der Waals surface area (Å²) in [5.74, 6) is 0.266. The highest BCUT2D eigenvalue weighted by Crippen LogP contribution is 2.33. The monoisotopic (exact) mass is 414 g/mol. The molecule has 2 aliphatic carbocycles. The second-order valence-electron chi connectivity index (χ2n) is 9.47. The Morgan fingerprint density at radius 2 is 1.35 bits per heavy atom. The average Bonchev–Trinajstić information content (AvgIpc) is 3.20. The first-order chi connectivity index (χ1) is 15.3. The van der Waals surface area contributed by atoms with Crippen LogP contribution in [0.4, 0.5) is 0 Å². The fraction of sp³-hybridized carbons (Fsp3) is 0.464. The van der Waals surface area contributed by atoms with Crippen molar-refractivity contribution in [3.05, 3.63) is 71.9 Å². The van der Waals surface area contributed by atoms with Crippen LogP contribution in [0.2, 0.25) is 0 Å². The van der Waals surface area contributed by atoms with Gasteiger partial charge in [-0.2, -0.15) is 0 Å². The molecule has 0 N–H and O–H groups in total. The Balaban J connectivity index is 1.52. The number of amides is 1. The minimum atomic E-state index is 0.266. The van der Waals surface area contributed by atoms with Gasteiger partial charge in [-0.15, -0.1) is 0 Å². The minimum Gasteiger partial charge on any atom is -0.342 e. The first kappa shape index (κ1) is 20.4. The first-order valence-electron chi connectivity index (χ1n) is 12.3. The zero-order valence-electron chi connectivity index (χ0n) is 18.5. The molecule has 31 heavy (non-hydrogen) atoms. The SMILES string of the molecule is O=C(c1cn(Cc2ccccc2)c2ccccc12)N(C1CCCCC1)C1CCCCC1. The number of carbonyl (C=O) groups is 1. The molecule has 1 aromatic heterocycles. The van der Waals surface area contributed by atoms with Crippen LogP contribution >= 0.6 is 0 Å². The summed E-state index contributed by atoms with van der Waals surface area (Å²) >= 11 is 0. The maximum absolute atomic E-state index is 14.1. The molecule has 162 valence electrons. The number of nitrogens with zero attached hydrogens (tertiary/aromatic N) is 2. The maximum Gasteiger partial charge on any atom is 0.256 e.